The molecule has 0 radical (unpaired) electrons. The van der Waals surface area contributed by atoms with Gasteiger partial charge in [-0.2, -0.15) is 0 Å². The quantitative estimate of drug-likeness (QED) is 0.792. The van der Waals surface area contributed by atoms with Crippen LogP contribution in [0.2, 0.25) is 0 Å². The van der Waals surface area contributed by atoms with Gasteiger partial charge >= 0.3 is 0 Å². The first-order valence-electron chi connectivity index (χ1n) is 6.57. The third kappa shape index (κ3) is 4.61. The number of aryl methyl sites for hydroxylation is 1. The van der Waals surface area contributed by atoms with E-state index in [-0.39, 0.29) is 5.82 Å². The molecule has 0 aliphatic carbocycles. The maximum absolute atomic E-state index is 13.4. The molecular formula is C14H17BrFN3S. The molecule has 0 spiro atoms. The normalized spacial score (nSPS) is 11.2. The van der Waals surface area contributed by atoms with Gasteiger partial charge in [0.25, 0.3) is 0 Å². The van der Waals surface area contributed by atoms with Gasteiger partial charge in [-0.05, 0) is 31.2 Å². The molecule has 6 heteroatoms. The molecule has 0 aliphatic rings. The molecule has 1 aromatic carbocycles. The molecule has 3 nitrogen and oxygen atoms in total. The number of nitrogens with one attached hydrogen (secondary N) is 1. The molecule has 0 aliphatic heterocycles. The minimum Gasteiger partial charge on any atom is -0.315 e. The standard InChI is InChI=1S/C14H17BrFN3S/c1-9(2)17-5-3-4-13-18-19-14(20-13)10-6-11(15)8-12(16)7-10/h6-9,17H,3-5H2,1-2H3. The fraction of sp³-hybridized carbons (Fsp3) is 0.429. The molecular weight excluding hydrogens is 341 g/mol. The highest BCUT2D eigenvalue weighted by Gasteiger charge is 2.08. The van der Waals surface area contributed by atoms with E-state index in [1.807, 2.05) is 6.07 Å². The van der Waals surface area contributed by atoms with Crippen molar-refractivity contribution < 1.29 is 4.39 Å². The fourth-order valence-electron chi connectivity index (χ4n) is 1.78. The van der Waals surface area contributed by atoms with Crippen LogP contribution in [0, 0.1) is 5.82 Å². The molecule has 108 valence electrons. The van der Waals surface area contributed by atoms with Gasteiger partial charge in [0.1, 0.15) is 15.8 Å². The molecule has 0 fully saturated rings. The highest BCUT2D eigenvalue weighted by Crippen LogP contribution is 2.27. The van der Waals surface area contributed by atoms with Crippen molar-refractivity contribution >= 4 is 27.3 Å². The fourth-order valence-corrected chi connectivity index (χ4v) is 3.11. The smallest absolute Gasteiger partial charge is 0.147 e. The van der Waals surface area contributed by atoms with E-state index in [4.69, 9.17) is 0 Å². The van der Waals surface area contributed by atoms with Crippen molar-refractivity contribution in [1.82, 2.24) is 15.5 Å². The molecule has 0 saturated carbocycles. The molecule has 1 aromatic heterocycles. The van der Waals surface area contributed by atoms with Crippen LogP contribution in [0.1, 0.15) is 25.3 Å². The topological polar surface area (TPSA) is 37.8 Å². The lowest BCUT2D eigenvalue weighted by atomic mass is 10.2. The summed E-state index contributed by atoms with van der Waals surface area (Å²) in [6.45, 7) is 5.23. The van der Waals surface area contributed by atoms with Crippen LogP contribution in [0.4, 0.5) is 4.39 Å². The van der Waals surface area contributed by atoms with Crippen LogP contribution in [-0.2, 0) is 6.42 Å². The van der Waals surface area contributed by atoms with Gasteiger partial charge in [0.2, 0.25) is 0 Å². The van der Waals surface area contributed by atoms with Crippen LogP contribution in [0.15, 0.2) is 22.7 Å². The average Bonchev–Trinajstić information content (AvgIpc) is 2.82. The highest BCUT2D eigenvalue weighted by molar-refractivity contribution is 9.10. The number of benzene rings is 1. The molecule has 0 unspecified atom stereocenters. The van der Waals surface area contributed by atoms with Crippen LogP contribution in [0.3, 0.4) is 0 Å². The predicted molar refractivity (Wildman–Crippen MR) is 84.5 cm³/mol. The zero-order chi connectivity index (χ0) is 14.5. The summed E-state index contributed by atoms with van der Waals surface area (Å²) < 4.78 is 14.1. The monoisotopic (exact) mass is 357 g/mol. The molecule has 2 aromatic rings. The van der Waals surface area contributed by atoms with Gasteiger partial charge < -0.3 is 5.32 Å². The largest absolute Gasteiger partial charge is 0.315 e. The molecule has 2 rings (SSSR count). The summed E-state index contributed by atoms with van der Waals surface area (Å²) in [5.41, 5.74) is 0.765. The van der Waals surface area contributed by atoms with Gasteiger partial charge in [-0.1, -0.05) is 41.1 Å². The first-order chi connectivity index (χ1) is 9.54. The molecule has 0 amide bonds. The van der Waals surface area contributed by atoms with Crippen LogP contribution < -0.4 is 5.32 Å². The Hall–Kier alpha value is -0.850. The number of hydrogen-bond donors (Lipinski definition) is 1. The second kappa shape index (κ2) is 7.24. The number of nitrogens with zero attached hydrogens (tertiary/aromatic N) is 2. The van der Waals surface area contributed by atoms with Gasteiger partial charge in [-0.25, -0.2) is 4.39 Å². The van der Waals surface area contributed by atoms with Crippen molar-refractivity contribution in [3.05, 3.63) is 33.5 Å². The summed E-state index contributed by atoms with van der Waals surface area (Å²) in [6.07, 6.45) is 1.92. The average molecular weight is 358 g/mol. The summed E-state index contributed by atoms with van der Waals surface area (Å²) >= 11 is 4.81. The van der Waals surface area contributed by atoms with Crippen molar-refractivity contribution in [2.75, 3.05) is 6.54 Å². The molecule has 0 saturated heterocycles. The zero-order valence-corrected chi connectivity index (χ0v) is 13.9. The van der Waals surface area contributed by atoms with E-state index >= 15 is 0 Å². The van der Waals surface area contributed by atoms with Crippen molar-refractivity contribution in [2.24, 2.45) is 0 Å². The van der Waals surface area contributed by atoms with Crippen molar-refractivity contribution in [1.29, 1.82) is 0 Å². The maximum atomic E-state index is 13.4. The van der Waals surface area contributed by atoms with Gasteiger partial charge in [-0.3, -0.25) is 0 Å². The van der Waals surface area contributed by atoms with Gasteiger partial charge in [-0.15, -0.1) is 10.2 Å². The first kappa shape index (κ1) is 15.5. The zero-order valence-electron chi connectivity index (χ0n) is 11.5. The Bertz CT molecular complexity index is 551. The van der Waals surface area contributed by atoms with E-state index < -0.39 is 0 Å². The van der Waals surface area contributed by atoms with E-state index in [1.54, 1.807) is 0 Å². The van der Waals surface area contributed by atoms with Gasteiger partial charge in [0.15, 0.2) is 0 Å². The van der Waals surface area contributed by atoms with E-state index in [0.717, 1.165) is 35.0 Å². The number of rotatable bonds is 6. The number of hydrogen-bond acceptors (Lipinski definition) is 4. The summed E-state index contributed by atoms with van der Waals surface area (Å²) in [6, 6.07) is 5.27. The van der Waals surface area contributed by atoms with E-state index in [0.29, 0.717) is 10.5 Å². The third-order valence-electron chi connectivity index (χ3n) is 2.70. The van der Waals surface area contributed by atoms with Crippen LogP contribution in [0.25, 0.3) is 10.6 Å². The number of halogens is 2. The second-order valence-corrected chi connectivity index (χ2v) is 6.85. The second-order valence-electron chi connectivity index (χ2n) is 4.87. The minimum absolute atomic E-state index is 0.271. The Morgan fingerprint density at radius 1 is 1.30 bits per heavy atom. The molecule has 1 heterocycles. The van der Waals surface area contributed by atoms with Gasteiger partial charge in [0, 0.05) is 22.5 Å². The molecule has 20 heavy (non-hydrogen) atoms. The van der Waals surface area contributed by atoms with Gasteiger partial charge in [0.05, 0.1) is 0 Å². The van der Waals surface area contributed by atoms with E-state index in [2.05, 4.69) is 45.3 Å². The lowest BCUT2D eigenvalue weighted by Gasteiger charge is -2.05. The van der Waals surface area contributed by atoms with E-state index in [1.165, 1.54) is 23.5 Å². The Kier molecular flexibility index (Phi) is 5.63. The van der Waals surface area contributed by atoms with Crippen LogP contribution >= 0.6 is 27.3 Å². The van der Waals surface area contributed by atoms with Crippen LogP contribution in [-0.4, -0.2) is 22.8 Å². The van der Waals surface area contributed by atoms with Crippen molar-refractivity contribution in [2.45, 2.75) is 32.7 Å². The summed E-state index contributed by atoms with van der Waals surface area (Å²) in [4.78, 5) is 0. The number of aromatic nitrogens is 2. The third-order valence-corrected chi connectivity index (χ3v) is 4.19. The summed E-state index contributed by atoms with van der Waals surface area (Å²) in [7, 11) is 0. The SMILES string of the molecule is CC(C)NCCCc1nnc(-c2cc(F)cc(Br)c2)s1. The van der Waals surface area contributed by atoms with Crippen molar-refractivity contribution in [3.63, 3.8) is 0 Å². The summed E-state index contributed by atoms with van der Waals surface area (Å²) in [5.74, 6) is -0.271. The Morgan fingerprint density at radius 2 is 2.10 bits per heavy atom. The highest BCUT2D eigenvalue weighted by atomic mass is 79.9. The van der Waals surface area contributed by atoms with E-state index in [9.17, 15) is 4.39 Å². The Morgan fingerprint density at radius 3 is 2.80 bits per heavy atom. The minimum atomic E-state index is -0.271. The first-order valence-corrected chi connectivity index (χ1v) is 8.18. The maximum Gasteiger partial charge on any atom is 0.147 e. The van der Waals surface area contributed by atoms with Crippen LogP contribution in [0.5, 0.6) is 0 Å². The lowest BCUT2D eigenvalue weighted by molar-refractivity contribution is 0.569. The molecule has 0 bridgehead atoms. The lowest BCUT2D eigenvalue weighted by Crippen LogP contribution is -2.23. The van der Waals surface area contributed by atoms with Crippen molar-refractivity contribution in [3.8, 4) is 10.6 Å². The predicted octanol–water partition coefficient (Wildman–Crippen LogP) is 4.04. The Balaban J connectivity index is 1.98. The molecule has 1 N–H and O–H groups in total. The summed E-state index contributed by atoms with van der Waals surface area (Å²) in [5, 5.41) is 13.4. The Labute approximate surface area is 130 Å². The molecule has 0 atom stereocenters.